The molecule has 8 aromatic rings. The van der Waals surface area contributed by atoms with Gasteiger partial charge in [-0.05, 0) is 41.0 Å². The van der Waals surface area contributed by atoms with E-state index in [-0.39, 0.29) is 0 Å². The number of aromatic nitrogens is 3. The van der Waals surface area contributed by atoms with Gasteiger partial charge in [0.1, 0.15) is 11.2 Å². The molecule has 0 radical (unpaired) electrons. The number of rotatable bonds is 5. The molecular formula is C39H25N3O. The molecule has 4 heteroatoms. The number of para-hydroxylation sites is 1. The summed E-state index contributed by atoms with van der Waals surface area (Å²) in [7, 11) is 0. The molecule has 8 rings (SSSR count). The van der Waals surface area contributed by atoms with Crippen molar-refractivity contribution in [1.29, 1.82) is 0 Å². The van der Waals surface area contributed by atoms with Crippen molar-refractivity contribution in [3.8, 4) is 56.4 Å². The molecule has 0 N–H and O–H groups in total. The van der Waals surface area contributed by atoms with Crippen molar-refractivity contribution < 1.29 is 4.42 Å². The molecule has 6 aromatic carbocycles. The van der Waals surface area contributed by atoms with Crippen LogP contribution in [0.15, 0.2) is 156 Å². The summed E-state index contributed by atoms with van der Waals surface area (Å²) in [6, 6.07) is 51.6. The van der Waals surface area contributed by atoms with Crippen LogP contribution in [0.3, 0.4) is 0 Å². The Balaban J connectivity index is 1.29. The second-order valence-electron chi connectivity index (χ2n) is 10.5. The number of fused-ring (bicyclic) bond motifs is 3. The molecule has 0 spiro atoms. The quantitative estimate of drug-likeness (QED) is 0.214. The van der Waals surface area contributed by atoms with Crippen LogP contribution in [-0.4, -0.2) is 15.0 Å². The monoisotopic (exact) mass is 551 g/mol. The lowest BCUT2D eigenvalue weighted by atomic mass is 10.0. The molecule has 0 saturated carbocycles. The number of benzene rings is 6. The third kappa shape index (κ3) is 4.65. The molecule has 0 bridgehead atoms. The number of hydrogen-bond acceptors (Lipinski definition) is 4. The lowest BCUT2D eigenvalue weighted by Gasteiger charge is -2.10. The third-order valence-electron chi connectivity index (χ3n) is 7.74. The molecule has 0 unspecified atom stereocenters. The minimum Gasteiger partial charge on any atom is -0.455 e. The molecule has 0 saturated heterocycles. The zero-order chi connectivity index (χ0) is 28.6. The Hall–Kier alpha value is -5.87. The first kappa shape index (κ1) is 24.9. The molecule has 0 fully saturated rings. The van der Waals surface area contributed by atoms with E-state index < -0.39 is 0 Å². The normalized spacial score (nSPS) is 11.3. The lowest BCUT2D eigenvalue weighted by molar-refractivity contribution is 0.670. The Labute approximate surface area is 249 Å². The topological polar surface area (TPSA) is 51.8 Å². The van der Waals surface area contributed by atoms with Gasteiger partial charge < -0.3 is 4.42 Å². The van der Waals surface area contributed by atoms with E-state index in [0.29, 0.717) is 17.5 Å². The van der Waals surface area contributed by atoms with Crippen molar-refractivity contribution in [2.45, 2.75) is 0 Å². The van der Waals surface area contributed by atoms with Gasteiger partial charge in [0.05, 0.1) is 0 Å². The van der Waals surface area contributed by atoms with E-state index in [1.165, 1.54) is 0 Å². The van der Waals surface area contributed by atoms with Gasteiger partial charge in [0, 0.05) is 33.0 Å². The molecule has 0 aliphatic rings. The SMILES string of the molecule is c1ccc(-c2cccc(-c3nc(-c4ccccc4)nc(-c4ccc5oc6c(-c7ccccc7)cccc6c5c4)n3)c2)cc1. The fourth-order valence-electron chi connectivity index (χ4n) is 5.60. The van der Waals surface area contributed by atoms with Gasteiger partial charge in [-0.2, -0.15) is 0 Å². The summed E-state index contributed by atoms with van der Waals surface area (Å²) in [6.45, 7) is 0. The fourth-order valence-corrected chi connectivity index (χ4v) is 5.60. The Morgan fingerprint density at radius 2 is 0.884 bits per heavy atom. The van der Waals surface area contributed by atoms with Gasteiger partial charge in [-0.3, -0.25) is 0 Å². The first-order valence-electron chi connectivity index (χ1n) is 14.3. The van der Waals surface area contributed by atoms with Crippen LogP contribution in [0.2, 0.25) is 0 Å². The van der Waals surface area contributed by atoms with Gasteiger partial charge in [-0.15, -0.1) is 0 Å². The van der Waals surface area contributed by atoms with Gasteiger partial charge in [0.2, 0.25) is 0 Å². The summed E-state index contributed by atoms with van der Waals surface area (Å²) in [5, 5.41) is 2.09. The molecule has 2 heterocycles. The maximum absolute atomic E-state index is 6.42. The van der Waals surface area contributed by atoms with Crippen molar-refractivity contribution in [2.75, 3.05) is 0 Å². The van der Waals surface area contributed by atoms with Crippen LogP contribution in [-0.2, 0) is 0 Å². The van der Waals surface area contributed by atoms with Crippen molar-refractivity contribution in [3.63, 3.8) is 0 Å². The zero-order valence-corrected chi connectivity index (χ0v) is 23.2. The van der Waals surface area contributed by atoms with Crippen LogP contribution in [0.1, 0.15) is 0 Å². The van der Waals surface area contributed by atoms with E-state index in [1.54, 1.807) is 0 Å². The number of nitrogens with zero attached hydrogens (tertiary/aromatic N) is 3. The molecule has 0 atom stereocenters. The van der Waals surface area contributed by atoms with E-state index in [4.69, 9.17) is 19.4 Å². The smallest absolute Gasteiger partial charge is 0.164 e. The van der Waals surface area contributed by atoms with E-state index in [1.807, 2.05) is 66.7 Å². The van der Waals surface area contributed by atoms with Crippen LogP contribution in [0.4, 0.5) is 0 Å². The molecule has 0 aliphatic heterocycles. The molecule has 4 nitrogen and oxygen atoms in total. The van der Waals surface area contributed by atoms with E-state index >= 15 is 0 Å². The molecular weight excluding hydrogens is 526 g/mol. The first-order valence-corrected chi connectivity index (χ1v) is 14.3. The fraction of sp³-hybridized carbons (Fsp3) is 0. The Morgan fingerprint density at radius 3 is 1.58 bits per heavy atom. The molecule has 2 aromatic heterocycles. The summed E-state index contributed by atoms with van der Waals surface area (Å²) >= 11 is 0. The highest BCUT2D eigenvalue weighted by molar-refractivity contribution is 6.10. The average molecular weight is 552 g/mol. The summed E-state index contributed by atoms with van der Waals surface area (Å²) in [4.78, 5) is 14.9. The predicted molar refractivity (Wildman–Crippen MR) is 174 cm³/mol. The summed E-state index contributed by atoms with van der Waals surface area (Å²) in [5.74, 6) is 1.88. The van der Waals surface area contributed by atoms with Crippen molar-refractivity contribution >= 4 is 21.9 Å². The molecule has 0 amide bonds. The number of hydrogen-bond donors (Lipinski definition) is 0. The van der Waals surface area contributed by atoms with Crippen LogP contribution in [0.25, 0.3) is 78.4 Å². The Morgan fingerprint density at radius 1 is 0.349 bits per heavy atom. The molecule has 43 heavy (non-hydrogen) atoms. The average Bonchev–Trinajstić information content (AvgIpc) is 3.47. The third-order valence-corrected chi connectivity index (χ3v) is 7.74. The van der Waals surface area contributed by atoms with Gasteiger partial charge >= 0.3 is 0 Å². The molecule has 0 aliphatic carbocycles. The van der Waals surface area contributed by atoms with E-state index in [2.05, 4.69) is 84.9 Å². The van der Waals surface area contributed by atoms with Crippen LogP contribution in [0, 0.1) is 0 Å². The molecule has 202 valence electrons. The maximum Gasteiger partial charge on any atom is 0.164 e. The lowest BCUT2D eigenvalue weighted by Crippen LogP contribution is -2.00. The Kier molecular flexibility index (Phi) is 6.08. The minimum atomic E-state index is 0.615. The van der Waals surface area contributed by atoms with Crippen molar-refractivity contribution in [3.05, 3.63) is 152 Å². The largest absolute Gasteiger partial charge is 0.455 e. The van der Waals surface area contributed by atoms with Crippen LogP contribution >= 0.6 is 0 Å². The van der Waals surface area contributed by atoms with E-state index in [9.17, 15) is 0 Å². The van der Waals surface area contributed by atoms with Gasteiger partial charge in [0.15, 0.2) is 17.5 Å². The van der Waals surface area contributed by atoms with E-state index in [0.717, 1.165) is 60.9 Å². The maximum atomic E-state index is 6.42. The van der Waals surface area contributed by atoms with Crippen molar-refractivity contribution in [2.24, 2.45) is 0 Å². The standard InChI is InChI=1S/C39H25N3O/c1-4-12-26(13-5-1)29-18-10-19-30(24-29)38-40-37(28-16-8-3-9-17-28)41-39(42-38)31-22-23-35-34(25-31)33-21-11-20-32(36(33)43-35)27-14-6-2-7-15-27/h1-25H. The zero-order valence-electron chi connectivity index (χ0n) is 23.2. The highest BCUT2D eigenvalue weighted by Gasteiger charge is 2.16. The summed E-state index contributed by atoms with van der Waals surface area (Å²) in [6.07, 6.45) is 0. The summed E-state index contributed by atoms with van der Waals surface area (Å²) in [5.41, 5.74) is 8.94. The highest BCUT2D eigenvalue weighted by Crippen LogP contribution is 2.37. The Bertz CT molecular complexity index is 2220. The second-order valence-corrected chi connectivity index (χ2v) is 10.5. The van der Waals surface area contributed by atoms with Crippen LogP contribution < -0.4 is 0 Å². The minimum absolute atomic E-state index is 0.615. The van der Waals surface area contributed by atoms with Gasteiger partial charge in [-0.1, -0.05) is 127 Å². The predicted octanol–water partition coefficient (Wildman–Crippen LogP) is 10.1. The van der Waals surface area contributed by atoms with Crippen LogP contribution in [0.5, 0.6) is 0 Å². The summed E-state index contributed by atoms with van der Waals surface area (Å²) < 4.78 is 6.42. The number of furan rings is 1. The first-order chi connectivity index (χ1) is 21.3. The second kappa shape index (κ2) is 10.5. The van der Waals surface area contributed by atoms with Crippen molar-refractivity contribution in [1.82, 2.24) is 15.0 Å². The van der Waals surface area contributed by atoms with Gasteiger partial charge in [-0.25, -0.2) is 15.0 Å². The highest BCUT2D eigenvalue weighted by atomic mass is 16.3. The van der Waals surface area contributed by atoms with Gasteiger partial charge in [0.25, 0.3) is 0 Å².